The van der Waals surface area contributed by atoms with Crippen LogP contribution in [-0.2, 0) is 0 Å². The summed E-state index contributed by atoms with van der Waals surface area (Å²) in [6.07, 6.45) is -1.50. The van der Waals surface area contributed by atoms with Gasteiger partial charge in [-0.25, -0.2) is 4.79 Å². The van der Waals surface area contributed by atoms with E-state index < -0.39 is 6.16 Å². The highest BCUT2D eigenvalue weighted by molar-refractivity contribution is 6.08. The third-order valence-electron chi connectivity index (χ3n) is 3.98. The molecule has 4 aromatic carbocycles. The average Bonchev–Trinajstić information content (AvgIpc) is 2.79. The molecule has 0 aromatic heterocycles. The molecule has 0 saturated carbocycles. The minimum Gasteiger partial charge on any atom is -0.508 e. The molecule has 0 bridgehead atoms. The van der Waals surface area contributed by atoms with Gasteiger partial charge in [-0.2, -0.15) is 0 Å². The highest BCUT2D eigenvalue weighted by atomic mass is 16.7. The number of carbonyl (C=O) groups excluding carboxylic acids is 1. The maximum Gasteiger partial charge on any atom is 0.511 e. The number of phenols is 4. The van der Waals surface area contributed by atoms with Gasteiger partial charge < -0.3 is 30.3 Å². The number of aromatic hydroxyl groups is 4. The Kier molecular flexibility index (Phi) is 9.50. The van der Waals surface area contributed by atoms with Gasteiger partial charge in [-0.05, 0) is 12.1 Å². The number of ketones is 1. The summed E-state index contributed by atoms with van der Waals surface area (Å²) in [6.45, 7) is 0. The van der Waals surface area contributed by atoms with Gasteiger partial charge in [0.2, 0.25) is 0 Å². The number of hydrogen-bond acceptors (Lipinski definition) is 7. The van der Waals surface area contributed by atoms with Crippen LogP contribution in [0, 0.1) is 0 Å². The van der Waals surface area contributed by atoms with Crippen molar-refractivity contribution in [2.75, 3.05) is 0 Å². The standard InChI is InChI=1S/C13H10O.C7H6O5.C6H6O2/c14-13(11-7-3-1-4-8-11)12-9-5-2-6-10-12;8-4-1-5(9)3-6(2-4)12-7(10)11;7-5-2-1-3-6(8)4-5/h1-10H;1-3,8-9H,(H,10,11);1-4,7-8H. The smallest absolute Gasteiger partial charge is 0.508 e. The molecule has 4 aromatic rings. The van der Waals surface area contributed by atoms with E-state index in [-0.39, 0.29) is 34.5 Å². The number of carbonyl (C=O) groups is 2. The van der Waals surface area contributed by atoms with E-state index in [1.165, 1.54) is 18.2 Å². The van der Waals surface area contributed by atoms with Crippen molar-refractivity contribution in [1.82, 2.24) is 0 Å². The third kappa shape index (κ3) is 9.03. The summed E-state index contributed by atoms with van der Waals surface area (Å²) in [5, 5.41) is 43.2. The Balaban J connectivity index is 0.000000187. The van der Waals surface area contributed by atoms with E-state index in [2.05, 4.69) is 4.74 Å². The molecule has 0 atom stereocenters. The van der Waals surface area contributed by atoms with Crippen molar-refractivity contribution in [3.63, 3.8) is 0 Å². The first-order valence-corrected chi connectivity index (χ1v) is 9.81. The number of carboxylic acid groups (broad SMARTS) is 1. The zero-order valence-corrected chi connectivity index (χ0v) is 17.8. The van der Waals surface area contributed by atoms with E-state index in [1.54, 1.807) is 6.07 Å². The number of rotatable bonds is 3. The van der Waals surface area contributed by atoms with Crippen molar-refractivity contribution < 1.29 is 39.9 Å². The first-order chi connectivity index (χ1) is 16.2. The van der Waals surface area contributed by atoms with Crippen LogP contribution in [0.3, 0.4) is 0 Å². The number of hydrogen-bond donors (Lipinski definition) is 5. The van der Waals surface area contributed by atoms with Crippen LogP contribution in [0.4, 0.5) is 4.79 Å². The molecule has 0 aliphatic carbocycles. The van der Waals surface area contributed by atoms with Gasteiger partial charge in [-0.3, -0.25) is 4.79 Å². The van der Waals surface area contributed by atoms with Gasteiger partial charge in [0.05, 0.1) is 0 Å². The molecule has 0 aliphatic rings. The molecule has 0 saturated heterocycles. The normalized spacial score (nSPS) is 9.41. The fourth-order valence-electron chi connectivity index (χ4n) is 2.57. The Hall–Kier alpha value is -4.98. The highest BCUT2D eigenvalue weighted by Crippen LogP contribution is 2.25. The number of benzene rings is 4. The van der Waals surface area contributed by atoms with Crippen LogP contribution in [0.25, 0.3) is 0 Å². The van der Waals surface area contributed by atoms with Crippen molar-refractivity contribution in [3.05, 3.63) is 114 Å². The third-order valence-corrected chi connectivity index (χ3v) is 3.98. The van der Waals surface area contributed by atoms with E-state index in [1.807, 2.05) is 60.7 Å². The Bertz CT molecular complexity index is 1130. The van der Waals surface area contributed by atoms with Crippen molar-refractivity contribution in [3.8, 4) is 28.7 Å². The molecule has 34 heavy (non-hydrogen) atoms. The van der Waals surface area contributed by atoms with E-state index in [9.17, 15) is 9.59 Å². The second kappa shape index (κ2) is 12.8. The SMILES string of the molecule is O=C(O)Oc1cc(O)cc(O)c1.O=C(c1ccccc1)c1ccccc1.Oc1cccc(O)c1. The monoisotopic (exact) mass is 462 g/mol. The summed E-state index contributed by atoms with van der Waals surface area (Å²) in [5.41, 5.74) is 1.47. The lowest BCUT2D eigenvalue weighted by Crippen LogP contribution is -2.02. The molecule has 0 heterocycles. The Morgan fingerprint density at radius 1 is 0.529 bits per heavy atom. The van der Waals surface area contributed by atoms with Crippen LogP contribution in [0.1, 0.15) is 15.9 Å². The molecule has 174 valence electrons. The summed E-state index contributed by atoms with van der Waals surface area (Å²) in [4.78, 5) is 21.9. The van der Waals surface area contributed by atoms with Crippen LogP contribution in [0.5, 0.6) is 28.7 Å². The van der Waals surface area contributed by atoms with Gasteiger partial charge >= 0.3 is 6.16 Å². The minimum atomic E-state index is -1.50. The molecule has 0 unspecified atom stereocenters. The first-order valence-electron chi connectivity index (χ1n) is 9.81. The second-order valence-corrected chi connectivity index (χ2v) is 6.63. The van der Waals surface area contributed by atoms with Crippen LogP contribution >= 0.6 is 0 Å². The topological polar surface area (TPSA) is 145 Å². The van der Waals surface area contributed by atoms with Gasteiger partial charge in [0.15, 0.2) is 5.78 Å². The van der Waals surface area contributed by atoms with E-state index in [0.29, 0.717) is 0 Å². The summed E-state index contributed by atoms with van der Waals surface area (Å²) in [5.74, 6) is -0.390. The highest BCUT2D eigenvalue weighted by Gasteiger charge is 2.06. The molecule has 0 amide bonds. The largest absolute Gasteiger partial charge is 0.511 e. The predicted molar refractivity (Wildman–Crippen MR) is 125 cm³/mol. The molecule has 8 nitrogen and oxygen atoms in total. The maximum atomic E-state index is 11.8. The van der Waals surface area contributed by atoms with Gasteiger partial charge in [0, 0.05) is 35.4 Å². The summed E-state index contributed by atoms with van der Waals surface area (Å²) in [7, 11) is 0. The number of phenolic OH excluding ortho intramolecular Hbond substituents is 4. The Morgan fingerprint density at radius 2 is 0.941 bits per heavy atom. The zero-order valence-electron chi connectivity index (χ0n) is 17.8. The van der Waals surface area contributed by atoms with E-state index in [0.717, 1.165) is 29.3 Å². The Morgan fingerprint density at radius 3 is 1.29 bits per heavy atom. The van der Waals surface area contributed by atoms with Crippen LogP contribution < -0.4 is 4.74 Å². The second-order valence-electron chi connectivity index (χ2n) is 6.63. The van der Waals surface area contributed by atoms with E-state index in [4.69, 9.17) is 25.5 Å². The molecule has 0 aliphatic heterocycles. The van der Waals surface area contributed by atoms with Crippen LogP contribution in [0.2, 0.25) is 0 Å². The van der Waals surface area contributed by atoms with Crippen molar-refractivity contribution in [2.45, 2.75) is 0 Å². The predicted octanol–water partition coefficient (Wildman–Crippen LogP) is 5.17. The minimum absolute atomic E-state index is 0.0752. The molecular weight excluding hydrogens is 440 g/mol. The lowest BCUT2D eigenvalue weighted by molar-refractivity contribution is 0.103. The summed E-state index contributed by atoms with van der Waals surface area (Å²) < 4.78 is 4.17. The van der Waals surface area contributed by atoms with E-state index >= 15 is 0 Å². The molecule has 0 fully saturated rings. The van der Waals surface area contributed by atoms with Gasteiger partial charge in [0.25, 0.3) is 0 Å². The molecule has 0 spiro atoms. The maximum absolute atomic E-state index is 11.8. The average molecular weight is 462 g/mol. The quantitative estimate of drug-likeness (QED) is 0.159. The lowest BCUT2D eigenvalue weighted by atomic mass is 10.0. The van der Waals surface area contributed by atoms with Gasteiger partial charge in [0.1, 0.15) is 28.7 Å². The zero-order chi connectivity index (χ0) is 24.9. The fourth-order valence-corrected chi connectivity index (χ4v) is 2.57. The molecule has 8 heteroatoms. The van der Waals surface area contributed by atoms with Crippen LogP contribution in [-0.4, -0.2) is 37.5 Å². The van der Waals surface area contributed by atoms with Crippen molar-refractivity contribution in [1.29, 1.82) is 0 Å². The Labute approximate surface area is 195 Å². The van der Waals surface area contributed by atoms with Gasteiger partial charge in [-0.15, -0.1) is 0 Å². The summed E-state index contributed by atoms with van der Waals surface area (Å²) in [6, 6.07) is 27.7. The molecule has 0 radical (unpaired) electrons. The van der Waals surface area contributed by atoms with Crippen molar-refractivity contribution in [2.24, 2.45) is 0 Å². The fraction of sp³-hybridized carbons (Fsp3) is 0. The first kappa shape index (κ1) is 25.3. The molecular formula is C26H22O8. The lowest BCUT2D eigenvalue weighted by Gasteiger charge is -2.00. The number of ether oxygens (including phenoxy) is 1. The van der Waals surface area contributed by atoms with Crippen molar-refractivity contribution >= 4 is 11.9 Å². The van der Waals surface area contributed by atoms with Gasteiger partial charge in [-0.1, -0.05) is 66.7 Å². The van der Waals surface area contributed by atoms with Crippen LogP contribution in [0.15, 0.2) is 103 Å². The summed E-state index contributed by atoms with van der Waals surface area (Å²) >= 11 is 0. The molecule has 4 rings (SSSR count). The molecule has 5 N–H and O–H groups in total.